The molecule has 2 rings (SSSR count). The van der Waals surface area contributed by atoms with E-state index in [2.05, 4.69) is 19.2 Å². The number of hydrogen-bond donors (Lipinski definition) is 1. The van der Waals surface area contributed by atoms with E-state index in [4.69, 9.17) is 0 Å². The minimum atomic E-state index is -0.812. The van der Waals surface area contributed by atoms with Crippen LogP contribution >= 0.6 is 0 Å². The Bertz CT molecular complexity index is 593. The van der Waals surface area contributed by atoms with Crippen LogP contribution in [0.25, 0.3) is 0 Å². The van der Waals surface area contributed by atoms with Crippen molar-refractivity contribution in [1.29, 1.82) is 0 Å². The Kier molecular flexibility index (Phi) is 4.38. The van der Waals surface area contributed by atoms with E-state index in [-0.39, 0.29) is 6.04 Å². The third kappa shape index (κ3) is 2.98. The van der Waals surface area contributed by atoms with E-state index in [0.29, 0.717) is 11.5 Å². The Morgan fingerprint density at radius 3 is 2.20 bits per heavy atom. The van der Waals surface area contributed by atoms with Gasteiger partial charge in [-0.25, -0.2) is 8.78 Å². The smallest absolute Gasteiger partial charge is 0.164 e. The van der Waals surface area contributed by atoms with Crippen molar-refractivity contribution in [1.82, 2.24) is 0 Å². The van der Waals surface area contributed by atoms with E-state index >= 15 is 0 Å². The van der Waals surface area contributed by atoms with Crippen LogP contribution < -0.4 is 5.32 Å². The van der Waals surface area contributed by atoms with Crippen LogP contribution in [0, 0.1) is 11.6 Å². The summed E-state index contributed by atoms with van der Waals surface area (Å²) in [6.07, 6.45) is 0. The molecule has 106 valence electrons. The van der Waals surface area contributed by atoms with Gasteiger partial charge in [-0.3, -0.25) is 0 Å². The van der Waals surface area contributed by atoms with Crippen molar-refractivity contribution >= 4 is 5.69 Å². The Morgan fingerprint density at radius 1 is 0.850 bits per heavy atom. The van der Waals surface area contributed by atoms with E-state index in [1.165, 1.54) is 6.07 Å². The summed E-state index contributed by atoms with van der Waals surface area (Å²) in [5.41, 5.74) is 2.46. The average Bonchev–Trinajstić information content (AvgIpc) is 2.42. The summed E-state index contributed by atoms with van der Waals surface area (Å²) < 4.78 is 27.1. The van der Waals surface area contributed by atoms with E-state index in [1.807, 2.05) is 31.2 Å². The molecule has 0 aliphatic carbocycles. The Morgan fingerprint density at radius 2 is 1.50 bits per heavy atom. The van der Waals surface area contributed by atoms with Crippen LogP contribution in [0.1, 0.15) is 43.9 Å². The van der Waals surface area contributed by atoms with E-state index < -0.39 is 11.6 Å². The maximum absolute atomic E-state index is 13.8. The molecule has 0 spiro atoms. The highest BCUT2D eigenvalue weighted by Gasteiger charge is 2.15. The van der Waals surface area contributed by atoms with Crippen molar-refractivity contribution in [3.63, 3.8) is 0 Å². The third-order valence-electron chi connectivity index (χ3n) is 3.40. The molecule has 20 heavy (non-hydrogen) atoms. The van der Waals surface area contributed by atoms with Gasteiger partial charge in [-0.15, -0.1) is 0 Å². The molecule has 0 aliphatic rings. The molecule has 0 aliphatic heterocycles. The van der Waals surface area contributed by atoms with Crippen LogP contribution in [0.2, 0.25) is 0 Å². The van der Waals surface area contributed by atoms with Crippen molar-refractivity contribution in [2.75, 3.05) is 5.32 Å². The van der Waals surface area contributed by atoms with Crippen LogP contribution in [0.4, 0.5) is 14.5 Å². The van der Waals surface area contributed by atoms with Gasteiger partial charge in [0.15, 0.2) is 11.6 Å². The van der Waals surface area contributed by atoms with Crippen LogP contribution in [0.15, 0.2) is 42.5 Å². The van der Waals surface area contributed by atoms with Gasteiger partial charge in [-0.05, 0) is 30.5 Å². The molecule has 0 radical (unpaired) electrons. The Labute approximate surface area is 118 Å². The van der Waals surface area contributed by atoms with Crippen LogP contribution in [0.5, 0.6) is 0 Å². The summed E-state index contributed by atoms with van der Waals surface area (Å²) in [6, 6.07) is 11.9. The SMILES string of the molecule is CC(C)c1ccccc1NC(C)c1cccc(F)c1F. The number of rotatable bonds is 4. The van der Waals surface area contributed by atoms with Gasteiger partial charge in [0.05, 0.1) is 6.04 Å². The number of nitrogens with one attached hydrogen (secondary N) is 1. The van der Waals surface area contributed by atoms with Gasteiger partial charge in [0.2, 0.25) is 0 Å². The van der Waals surface area contributed by atoms with Crippen molar-refractivity contribution < 1.29 is 8.78 Å². The minimum Gasteiger partial charge on any atom is -0.378 e. The first-order chi connectivity index (χ1) is 9.50. The van der Waals surface area contributed by atoms with Crippen molar-refractivity contribution in [2.24, 2.45) is 0 Å². The number of halogens is 2. The molecule has 0 amide bonds. The fourth-order valence-corrected chi connectivity index (χ4v) is 2.30. The lowest BCUT2D eigenvalue weighted by molar-refractivity contribution is 0.494. The highest BCUT2D eigenvalue weighted by atomic mass is 19.2. The summed E-state index contributed by atoms with van der Waals surface area (Å²) in [6.45, 7) is 6.04. The molecule has 2 aromatic rings. The molecule has 3 heteroatoms. The number of hydrogen-bond acceptors (Lipinski definition) is 1. The zero-order valence-electron chi connectivity index (χ0n) is 12.0. The number of benzene rings is 2. The zero-order valence-corrected chi connectivity index (χ0v) is 12.0. The molecule has 0 bridgehead atoms. The highest BCUT2D eigenvalue weighted by Crippen LogP contribution is 2.28. The van der Waals surface area contributed by atoms with Gasteiger partial charge in [0.1, 0.15) is 0 Å². The summed E-state index contributed by atoms with van der Waals surface area (Å²) in [7, 11) is 0. The van der Waals surface area contributed by atoms with Crippen LogP contribution in [-0.4, -0.2) is 0 Å². The molecule has 2 aromatic carbocycles. The van der Waals surface area contributed by atoms with Crippen molar-refractivity contribution in [3.05, 3.63) is 65.2 Å². The second-order valence-electron chi connectivity index (χ2n) is 5.25. The molecule has 0 fully saturated rings. The van der Waals surface area contributed by atoms with Crippen molar-refractivity contribution in [3.8, 4) is 0 Å². The molecule has 0 aromatic heterocycles. The minimum absolute atomic E-state index is 0.300. The van der Waals surface area contributed by atoms with Crippen LogP contribution in [-0.2, 0) is 0 Å². The molecule has 1 atom stereocenters. The predicted molar refractivity (Wildman–Crippen MR) is 78.9 cm³/mol. The molecular formula is C17H19F2N. The van der Waals surface area contributed by atoms with Gasteiger partial charge in [-0.2, -0.15) is 0 Å². The van der Waals surface area contributed by atoms with Gasteiger partial charge in [0.25, 0.3) is 0 Å². The molecule has 1 nitrogen and oxygen atoms in total. The molecule has 0 saturated carbocycles. The summed E-state index contributed by atoms with van der Waals surface area (Å²) in [5, 5.41) is 3.27. The second-order valence-corrected chi connectivity index (χ2v) is 5.25. The third-order valence-corrected chi connectivity index (χ3v) is 3.40. The molecule has 1 N–H and O–H groups in total. The number of anilines is 1. The molecule has 0 heterocycles. The fraction of sp³-hybridized carbons (Fsp3) is 0.294. The predicted octanol–water partition coefficient (Wildman–Crippen LogP) is 5.26. The Hall–Kier alpha value is -1.90. The van der Waals surface area contributed by atoms with E-state index in [1.54, 1.807) is 6.07 Å². The lowest BCUT2D eigenvalue weighted by atomic mass is 10.00. The quantitative estimate of drug-likeness (QED) is 0.802. The molecular weight excluding hydrogens is 256 g/mol. The van der Waals surface area contributed by atoms with Crippen LogP contribution in [0.3, 0.4) is 0 Å². The van der Waals surface area contributed by atoms with Gasteiger partial charge < -0.3 is 5.32 Å². The van der Waals surface area contributed by atoms with Gasteiger partial charge >= 0.3 is 0 Å². The van der Waals surface area contributed by atoms with E-state index in [0.717, 1.165) is 17.3 Å². The fourth-order valence-electron chi connectivity index (χ4n) is 2.30. The first kappa shape index (κ1) is 14.5. The summed E-state index contributed by atoms with van der Waals surface area (Å²) in [4.78, 5) is 0. The summed E-state index contributed by atoms with van der Waals surface area (Å²) in [5.74, 6) is -1.23. The lowest BCUT2D eigenvalue weighted by Crippen LogP contribution is -2.11. The number of para-hydroxylation sites is 1. The van der Waals surface area contributed by atoms with Gasteiger partial charge in [-0.1, -0.05) is 44.2 Å². The first-order valence-corrected chi connectivity index (χ1v) is 6.80. The maximum atomic E-state index is 13.8. The maximum Gasteiger partial charge on any atom is 0.164 e. The largest absolute Gasteiger partial charge is 0.378 e. The highest BCUT2D eigenvalue weighted by molar-refractivity contribution is 5.54. The topological polar surface area (TPSA) is 12.0 Å². The van der Waals surface area contributed by atoms with E-state index in [9.17, 15) is 8.78 Å². The molecule has 0 saturated heterocycles. The second kappa shape index (κ2) is 6.04. The normalized spacial score (nSPS) is 12.5. The zero-order chi connectivity index (χ0) is 14.7. The first-order valence-electron chi connectivity index (χ1n) is 6.80. The average molecular weight is 275 g/mol. The lowest BCUT2D eigenvalue weighted by Gasteiger charge is -2.20. The summed E-state index contributed by atoms with van der Waals surface area (Å²) >= 11 is 0. The molecule has 1 unspecified atom stereocenters. The Balaban J connectivity index is 2.28. The van der Waals surface area contributed by atoms with Gasteiger partial charge in [0, 0.05) is 11.3 Å². The monoisotopic (exact) mass is 275 g/mol. The van der Waals surface area contributed by atoms with Crippen molar-refractivity contribution in [2.45, 2.75) is 32.7 Å². The standard InChI is InChI=1S/C17H19F2N/c1-11(2)13-7-4-5-10-16(13)20-12(3)14-8-6-9-15(18)17(14)19/h4-12,20H,1-3H3.